The fourth-order valence-corrected chi connectivity index (χ4v) is 1.69. The van der Waals surface area contributed by atoms with Crippen molar-refractivity contribution in [2.45, 2.75) is 6.42 Å². The van der Waals surface area contributed by atoms with Crippen molar-refractivity contribution in [1.82, 2.24) is 10.3 Å². The predicted octanol–water partition coefficient (Wildman–Crippen LogP) is 0.162. The molecule has 0 saturated heterocycles. The van der Waals surface area contributed by atoms with Crippen LogP contribution in [0.3, 0.4) is 0 Å². The first-order valence-electron chi connectivity index (χ1n) is 4.89. The Morgan fingerprint density at radius 1 is 1.62 bits per heavy atom. The predicted molar refractivity (Wildman–Crippen MR) is 64.5 cm³/mol. The molecule has 0 fully saturated rings. The molecule has 3 N–H and O–H groups in total. The van der Waals surface area contributed by atoms with E-state index in [2.05, 4.69) is 10.3 Å². The lowest BCUT2D eigenvalue weighted by atomic mass is 10.3. The van der Waals surface area contributed by atoms with Crippen molar-refractivity contribution in [2.24, 2.45) is 0 Å². The third-order valence-corrected chi connectivity index (χ3v) is 2.77. The van der Waals surface area contributed by atoms with Crippen molar-refractivity contribution in [3.8, 4) is 0 Å². The molecule has 0 saturated carbocycles. The lowest BCUT2D eigenvalue weighted by Gasteiger charge is -2.04. The molecule has 0 aliphatic rings. The van der Waals surface area contributed by atoms with Crippen molar-refractivity contribution in [3.05, 3.63) is 24.0 Å². The summed E-state index contributed by atoms with van der Waals surface area (Å²) in [6.45, 7) is 0.495. The van der Waals surface area contributed by atoms with Gasteiger partial charge in [0.05, 0.1) is 0 Å². The molecule has 0 spiro atoms. The smallest absolute Gasteiger partial charge is 0.269 e. The minimum atomic E-state index is -0.815. The Morgan fingerprint density at radius 2 is 2.38 bits per heavy atom. The molecule has 16 heavy (non-hydrogen) atoms. The first kappa shape index (κ1) is 12.6. The average Bonchev–Trinajstić information content (AvgIpc) is 2.24. The van der Waals surface area contributed by atoms with Crippen LogP contribution in [0.4, 0.5) is 5.69 Å². The average molecular weight is 241 g/mol. The standard InChI is InChI=1S/C10H15N3O2S/c1-16(15)6-2-4-13-10(14)9-7-8(11)3-5-12-9/h3,5,7H,2,4,6H2,1H3,(H2,11,12)(H,13,14). The van der Waals surface area contributed by atoms with Crippen LogP contribution < -0.4 is 11.1 Å². The monoisotopic (exact) mass is 241 g/mol. The second-order valence-corrected chi connectivity index (χ2v) is 4.92. The number of hydrogen-bond donors (Lipinski definition) is 2. The first-order chi connectivity index (χ1) is 7.59. The summed E-state index contributed by atoms with van der Waals surface area (Å²) in [7, 11) is -0.815. The molecule has 0 aromatic carbocycles. The van der Waals surface area contributed by atoms with E-state index < -0.39 is 10.8 Å². The van der Waals surface area contributed by atoms with Crippen LogP contribution in [0.2, 0.25) is 0 Å². The third-order valence-electron chi connectivity index (χ3n) is 1.91. The second kappa shape index (κ2) is 6.22. The topological polar surface area (TPSA) is 85.1 Å². The quantitative estimate of drug-likeness (QED) is 0.719. The molecule has 1 aromatic heterocycles. The number of carbonyl (C=O) groups excluding carboxylic acids is 1. The number of pyridine rings is 1. The SMILES string of the molecule is CS(=O)CCCNC(=O)c1cc(N)ccn1. The molecular formula is C10H15N3O2S. The van der Waals surface area contributed by atoms with Gasteiger partial charge in [-0.15, -0.1) is 0 Å². The van der Waals surface area contributed by atoms with Gasteiger partial charge in [-0.3, -0.25) is 14.0 Å². The number of nitrogens with zero attached hydrogens (tertiary/aromatic N) is 1. The van der Waals surface area contributed by atoms with Crippen molar-refractivity contribution in [2.75, 3.05) is 24.3 Å². The summed E-state index contributed by atoms with van der Waals surface area (Å²) in [6, 6.07) is 3.14. The molecule has 1 aromatic rings. The summed E-state index contributed by atoms with van der Waals surface area (Å²) in [5.41, 5.74) is 6.34. The number of hydrogen-bond acceptors (Lipinski definition) is 4. The van der Waals surface area contributed by atoms with Crippen LogP contribution in [0.1, 0.15) is 16.9 Å². The highest BCUT2D eigenvalue weighted by atomic mass is 32.2. The van der Waals surface area contributed by atoms with Crippen molar-refractivity contribution >= 4 is 22.4 Å². The van der Waals surface area contributed by atoms with E-state index in [9.17, 15) is 9.00 Å². The molecule has 6 heteroatoms. The number of nitrogens with two attached hydrogens (primary N) is 1. The van der Waals surface area contributed by atoms with Crippen LogP contribution in [0.5, 0.6) is 0 Å². The molecule has 0 aliphatic carbocycles. The molecule has 1 amide bonds. The maximum Gasteiger partial charge on any atom is 0.269 e. The van der Waals surface area contributed by atoms with E-state index >= 15 is 0 Å². The minimum absolute atomic E-state index is 0.255. The van der Waals surface area contributed by atoms with Gasteiger partial charge in [0.1, 0.15) is 5.69 Å². The molecular weight excluding hydrogens is 226 g/mol. The van der Waals surface area contributed by atoms with Gasteiger partial charge in [0.15, 0.2) is 0 Å². The van der Waals surface area contributed by atoms with Crippen LogP contribution in [-0.2, 0) is 10.8 Å². The van der Waals surface area contributed by atoms with E-state index in [1.54, 1.807) is 12.3 Å². The third kappa shape index (κ3) is 4.39. The zero-order valence-corrected chi connectivity index (χ0v) is 9.92. The van der Waals surface area contributed by atoms with Gasteiger partial charge in [0.2, 0.25) is 0 Å². The number of aromatic nitrogens is 1. The maximum absolute atomic E-state index is 11.5. The molecule has 88 valence electrons. The highest BCUT2D eigenvalue weighted by Gasteiger charge is 2.06. The highest BCUT2D eigenvalue weighted by Crippen LogP contribution is 2.02. The van der Waals surface area contributed by atoms with Crippen molar-refractivity contribution in [3.63, 3.8) is 0 Å². The Kier molecular flexibility index (Phi) is 4.91. The van der Waals surface area contributed by atoms with Crippen LogP contribution in [0, 0.1) is 0 Å². The normalized spacial score (nSPS) is 12.1. The first-order valence-corrected chi connectivity index (χ1v) is 6.62. The second-order valence-electron chi connectivity index (χ2n) is 3.36. The van der Waals surface area contributed by atoms with Gasteiger partial charge in [-0.1, -0.05) is 0 Å². The van der Waals surface area contributed by atoms with Crippen LogP contribution in [0.15, 0.2) is 18.3 Å². The summed E-state index contributed by atoms with van der Waals surface area (Å²) in [6.07, 6.45) is 3.82. The largest absolute Gasteiger partial charge is 0.399 e. The van der Waals surface area contributed by atoms with Gasteiger partial charge in [-0.05, 0) is 18.6 Å². The summed E-state index contributed by atoms with van der Waals surface area (Å²) >= 11 is 0. The zero-order chi connectivity index (χ0) is 12.0. The summed E-state index contributed by atoms with van der Waals surface area (Å²) in [5, 5.41) is 2.69. The molecule has 1 atom stereocenters. The zero-order valence-electron chi connectivity index (χ0n) is 9.10. The van der Waals surface area contributed by atoms with Crippen molar-refractivity contribution in [1.29, 1.82) is 0 Å². The molecule has 0 bridgehead atoms. The summed E-state index contributed by atoms with van der Waals surface area (Å²) < 4.78 is 10.8. The van der Waals surface area contributed by atoms with Gasteiger partial charge in [-0.25, -0.2) is 0 Å². The number of anilines is 1. The maximum atomic E-state index is 11.5. The van der Waals surface area contributed by atoms with Crippen LogP contribution in [0.25, 0.3) is 0 Å². The number of amides is 1. The molecule has 0 radical (unpaired) electrons. The fraction of sp³-hybridized carbons (Fsp3) is 0.400. The number of nitrogen functional groups attached to an aromatic ring is 1. The molecule has 1 rings (SSSR count). The molecule has 0 aliphatic heterocycles. The lowest BCUT2D eigenvalue weighted by Crippen LogP contribution is -2.26. The highest BCUT2D eigenvalue weighted by molar-refractivity contribution is 7.84. The summed E-state index contributed by atoms with van der Waals surface area (Å²) in [4.78, 5) is 15.4. The van der Waals surface area contributed by atoms with Crippen LogP contribution >= 0.6 is 0 Å². The van der Waals surface area contributed by atoms with Gasteiger partial charge in [0.25, 0.3) is 5.91 Å². The molecule has 1 unspecified atom stereocenters. The Balaban J connectivity index is 2.38. The molecule has 5 nitrogen and oxygen atoms in total. The number of rotatable bonds is 5. The van der Waals surface area contributed by atoms with Gasteiger partial charge < -0.3 is 11.1 Å². The van der Waals surface area contributed by atoms with Gasteiger partial charge in [-0.2, -0.15) is 0 Å². The Labute approximate surface area is 96.9 Å². The number of nitrogens with one attached hydrogen (secondary N) is 1. The van der Waals surface area contributed by atoms with E-state index in [0.29, 0.717) is 30.1 Å². The van der Waals surface area contributed by atoms with Gasteiger partial charge >= 0.3 is 0 Å². The number of carbonyl (C=O) groups is 1. The van der Waals surface area contributed by atoms with E-state index in [0.717, 1.165) is 0 Å². The minimum Gasteiger partial charge on any atom is -0.399 e. The van der Waals surface area contributed by atoms with E-state index in [-0.39, 0.29) is 5.91 Å². The fourth-order valence-electron chi connectivity index (χ4n) is 1.14. The Bertz CT molecular complexity index is 395. The Morgan fingerprint density at radius 3 is 3.00 bits per heavy atom. The lowest BCUT2D eigenvalue weighted by molar-refractivity contribution is 0.0949. The van der Waals surface area contributed by atoms with E-state index in [1.165, 1.54) is 12.3 Å². The molecule has 1 heterocycles. The van der Waals surface area contributed by atoms with Gasteiger partial charge in [0, 0.05) is 41.2 Å². The van der Waals surface area contributed by atoms with Crippen LogP contribution in [-0.4, -0.2) is 33.7 Å². The van der Waals surface area contributed by atoms with Crippen molar-refractivity contribution < 1.29 is 9.00 Å². The summed E-state index contributed by atoms with van der Waals surface area (Å²) in [5.74, 6) is 0.333. The van der Waals surface area contributed by atoms with E-state index in [4.69, 9.17) is 5.73 Å². The Hall–Kier alpha value is -1.43. The van der Waals surface area contributed by atoms with E-state index in [1.807, 2.05) is 0 Å².